The Labute approximate surface area is 148 Å². The van der Waals surface area contributed by atoms with Crippen molar-refractivity contribution in [3.8, 4) is 0 Å². The van der Waals surface area contributed by atoms with Crippen molar-refractivity contribution in [1.82, 2.24) is 15.5 Å². The van der Waals surface area contributed by atoms with E-state index in [1.165, 1.54) is 19.3 Å². The summed E-state index contributed by atoms with van der Waals surface area (Å²) in [6.45, 7) is 1.63. The van der Waals surface area contributed by atoms with E-state index >= 15 is 0 Å². The van der Waals surface area contributed by atoms with Gasteiger partial charge in [0.2, 0.25) is 5.91 Å². The Kier molecular flexibility index (Phi) is 7.97. The molecule has 0 aromatic carbocycles. The Balaban J connectivity index is 1.58. The van der Waals surface area contributed by atoms with Crippen molar-refractivity contribution in [3.63, 3.8) is 0 Å². The van der Waals surface area contributed by atoms with Crippen LogP contribution in [0.4, 0.5) is 4.79 Å². The highest BCUT2D eigenvalue weighted by atomic mass is 16.5. The Bertz CT molecular complexity index is 465. The third-order valence-corrected chi connectivity index (χ3v) is 4.69. The lowest BCUT2D eigenvalue weighted by atomic mass is 9.96. The van der Waals surface area contributed by atoms with Gasteiger partial charge in [0.05, 0.1) is 19.1 Å². The summed E-state index contributed by atoms with van der Waals surface area (Å²) < 4.78 is 5.36. The molecule has 2 rings (SSSR count). The molecule has 1 unspecified atom stereocenters. The van der Waals surface area contributed by atoms with Crippen LogP contribution >= 0.6 is 0 Å². The zero-order valence-corrected chi connectivity index (χ0v) is 14.7. The van der Waals surface area contributed by atoms with Gasteiger partial charge in [0.15, 0.2) is 0 Å². The number of amides is 3. The number of hydrogen-bond acceptors (Lipinski definition) is 4. The van der Waals surface area contributed by atoms with Crippen LogP contribution in [0.25, 0.3) is 0 Å². The first-order valence-electron chi connectivity index (χ1n) is 9.20. The zero-order chi connectivity index (χ0) is 18.1. The number of aliphatic carboxylic acids is 1. The number of urea groups is 1. The topological polar surface area (TPSA) is 108 Å². The van der Waals surface area contributed by atoms with E-state index in [1.54, 1.807) is 4.90 Å². The molecule has 142 valence electrons. The van der Waals surface area contributed by atoms with Gasteiger partial charge >= 0.3 is 12.0 Å². The van der Waals surface area contributed by atoms with Gasteiger partial charge in [-0.15, -0.1) is 0 Å². The first-order chi connectivity index (χ1) is 12.0. The number of ether oxygens (including phenoxy) is 1. The van der Waals surface area contributed by atoms with Crippen molar-refractivity contribution >= 4 is 17.9 Å². The lowest BCUT2D eigenvalue weighted by molar-refractivity contribution is -0.147. The van der Waals surface area contributed by atoms with Crippen molar-refractivity contribution < 1.29 is 24.2 Å². The number of hydrogen-bond donors (Lipinski definition) is 3. The largest absolute Gasteiger partial charge is 0.481 e. The fourth-order valence-electron chi connectivity index (χ4n) is 3.35. The number of nitrogens with one attached hydrogen (secondary N) is 2. The molecule has 1 saturated heterocycles. The number of nitrogens with zero attached hydrogens (tertiary/aromatic N) is 1. The van der Waals surface area contributed by atoms with Crippen LogP contribution < -0.4 is 10.6 Å². The van der Waals surface area contributed by atoms with Crippen LogP contribution in [0.1, 0.15) is 51.4 Å². The highest BCUT2D eigenvalue weighted by Gasteiger charge is 2.25. The second-order valence-electron chi connectivity index (χ2n) is 6.77. The van der Waals surface area contributed by atoms with E-state index in [2.05, 4.69) is 10.6 Å². The summed E-state index contributed by atoms with van der Waals surface area (Å²) in [5.74, 6) is -0.944. The van der Waals surface area contributed by atoms with Gasteiger partial charge in [0.25, 0.3) is 0 Å². The van der Waals surface area contributed by atoms with Gasteiger partial charge in [-0.1, -0.05) is 19.3 Å². The van der Waals surface area contributed by atoms with Crippen LogP contribution in [-0.4, -0.2) is 66.3 Å². The van der Waals surface area contributed by atoms with Crippen molar-refractivity contribution in [2.45, 2.75) is 63.5 Å². The second kappa shape index (κ2) is 10.2. The van der Waals surface area contributed by atoms with Gasteiger partial charge in [0, 0.05) is 32.1 Å². The number of rotatable bonds is 7. The standard InChI is InChI=1S/C17H29N3O5/c21-15(20-9-10-25-14(12-20)11-16(22)23)7-4-8-18-17(24)19-13-5-2-1-3-6-13/h13-14H,1-12H2,(H,22,23)(H2,18,19,24). The Morgan fingerprint density at radius 1 is 1.16 bits per heavy atom. The SMILES string of the molecule is O=C(O)CC1CN(C(=O)CCCNC(=O)NC2CCCCC2)CCO1. The maximum Gasteiger partial charge on any atom is 0.315 e. The van der Waals surface area contributed by atoms with Crippen molar-refractivity contribution in [2.24, 2.45) is 0 Å². The number of carboxylic acid groups (broad SMARTS) is 1. The Morgan fingerprint density at radius 3 is 2.64 bits per heavy atom. The molecular formula is C17H29N3O5. The van der Waals surface area contributed by atoms with Crippen LogP contribution in [-0.2, 0) is 14.3 Å². The maximum atomic E-state index is 12.2. The van der Waals surface area contributed by atoms with E-state index in [0.29, 0.717) is 39.1 Å². The molecule has 1 saturated carbocycles. The molecule has 3 N–H and O–H groups in total. The fraction of sp³-hybridized carbons (Fsp3) is 0.824. The van der Waals surface area contributed by atoms with Crippen molar-refractivity contribution in [2.75, 3.05) is 26.2 Å². The van der Waals surface area contributed by atoms with E-state index in [1.807, 2.05) is 0 Å². The van der Waals surface area contributed by atoms with Gasteiger partial charge in [-0.3, -0.25) is 9.59 Å². The summed E-state index contributed by atoms with van der Waals surface area (Å²) in [5, 5.41) is 14.6. The summed E-state index contributed by atoms with van der Waals surface area (Å²) >= 11 is 0. The first-order valence-corrected chi connectivity index (χ1v) is 9.20. The van der Waals surface area contributed by atoms with E-state index in [0.717, 1.165) is 12.8 Å². The summed E-state index contributed by atoms with van der Waals surface area (Å²) in [6.07, 6.45) is 6.05. The van der Waals surface area contributed by atoms with Gasteiger partial charge in [-0.25, -0.2) is 4.79 Å². The molecule has 25 heavy (non-hydrogen) atoms. The Hall–Kier alpha value is -1.83. The molecular weight excluding hydrogens is 326 g/mol. The number of carbonyl (C=O) groups excluding carboxylic acids is 2. The fourth-order valence-corrected chi connectivity index (χ4v) is 3.35. The minimum absolute atomic E-state index is 0.0202. The third-order valence-electron chi connectivity index (χ3n) is 4.69. The summed E-state index contributed by atoms with van der Waals surface area (Å²) in [4.78, 5) is 36.4. The van der Waals surface area contributed by atoms with Crippen LogP contribution in [0, 0.1) is 0 Å². The molecule has 1 atom stereocenters. The number of morpholine rings is 1. The van der Waals surface area contributed by atoms with E-state index < -0.39 is 12.1 Å². The maximum absolute atomic E-state index is 12.2. The van der Waals surface area contributed by atoms with Crippen LogP contribution in [0.2, 0.25) is 0 Å². The predicted molar refractivity (Wildman–Crippen MR) is 91.2 cm³/mol. The highest BCUT2D eigenvalue weighted by Crippen LogP contribution is 2.17. The average molecular weight is 355 g/mol. The number of carboxylic acids is 1. The van der Waals surface area contributed by atoms with Gasteiger partial charge in [-0.2, -0.15) is 0 Å². The van der Waals surface area contributed by atoms with E-state index in [9.17, 15) is 14.4 Å². The minimum Gasteiger partial charge on any atom is -0.481 e. The molecule has 1 aliphatic heterocycles. The summed E-state index contributed by atoms with van der Waals surface area (Å²) in [7, 11) is 0. The van der Waals surface area contributed by atoms with E-state index in [4.69, 9.17) is 9.84 Å². The quantitative estimate of drug-likeness (QED) is 0.593. The normalized spacial score (nSPS) is 21.6. The summed E-state index contributed by atoms with van der Waals surface area (Å²) in [5.41, 5.74) is 0. The van der Waals surface area contributed by atoms with Gasteiger partial charge in [0.1, 0.15) is 0 Å². The Morgan fingerprint density at radius 2 is 1.92 bits per heavy atom. The molecule has 2 aliphatic rings. The molecule has 2 fully saturated rings. The zero-order valence-electron chi connectivity index (χ0n) is 14.7. The molecule has 0 aromatic rings. The average Bonchev–Trinajstić information content (AvgIpc) is 2.59. The van der Waals surface area contributed by atoms with Gasteiger partial charge < -0.3 is 25.4 Å². The molecule has 1 heterocycles. The molecule has 0 aromatic heterocycles. The first kappa shape index (κ1) is 19.5. The lowest BCUT2D eigenvalue weighted by Crippen LogP contribution is -2.46. The minimum atomic E-state index is -0.924. The monoisotopic (exact) mass is 355 g/mol. The smallest absolute Gasteiger partial charge is 0.315 e. The van der Waals surface area contributed by atoms with Gasteiger partial charge in [-0.05, 0) is 19.3 Å². The number of carbonyl (C=O) groups is 3. The van der Waals surface area contributed by atoms with Crippen LogP contribution in [0.5, 0.6) is 0 Å². The third kappa shape index (κ3) is 7.29. The molecule has 3 amide bonds. The van der Waals surface area contributed by atoms with E-state index in [-0.39, 0.29) is 24.4 Å². The lowest BCUT2D eigenvalue weighted by Gasteiger charge is -2.32. The van der Waals surface area contributed by atoms with Crippen molar-refractivity contribution in [1.29, 1.82) is 0 Å². The molecule has 8 nitrogen and oxygen atoms in total. The molecule has 0 bridgehead atoms. The van der Waals surface area contributed by atoms with Crippen molar-refractivity contribution in [3.05, 3.63) is 0 Å². The van der Waals surface area contributed by atoms with Crippen LogP contribution in [0.3, 0.4) is 0 Å². The molecule has 8 heteroatoms. The molecule has 1 aliphatic carbocycles. The summed E-state index contributed by atoms with van der Waals surface area (Å²) in [6, 6.07) is 0.113. The molecule has 0 radical (unpaired) electrons. The molecule has 0 spiro atoms. The van der Waals surface area contributed by atoms with Crippen LogP contribution in [0.15, 0.2) is 0 Å². The predicted octanol–water partition coefficient (Wildman–Crippen LogP) is 1.10. The highest BCUT2D eigenvalue weighted by molar-refractivity contribution is 5.77. The second-order valence-corrected chi connectivity index (χ2v) is 6.77.